The number of nitrogens with two attached hydrogens (primary N) is 1. The number of hydrogen-bond acceptors (Lipinski definition) is 6. The molecule has 2 atom stereocenters. The van der Waals surface area contributed by atoms with Crippen molar-refractivity contribution in [3.63, 3.8) is 0 Å². The third kappa shape index (κ3) is 3.27. The summed E-state index contributed by atoms with van der Waals surface area (Å²) >= 11 is 1.68. The summed E-state index contributed by atoms with van der Waals surface area (Å²) in [5, 5.41) is -0.484. The molecule has 1 aliphatic heterocycles. The molecule has 2 rings (SSSR count). The van der Waals surface area contributed by atoms with Gasteiger partial charge in [0.2, 0.25) is 0 Å². The first-order valence-corrected chi connectivity index (χ1v) is 9.60. The molecular weight excluding hydrogens is 294 g/mol. The van der Waals surface area contributed by atoms with Crippen molar-refractivity contribution in [1.29, 1.82) is 0 Å². The van der Waals surface area contributed by atoms with E-state index in [1.165, 1.54) is 0 Å². The van der Waals surface area contributed by atoms with Crippen LogP contribution in [0, 0.1) is 0 Å². The molecule has 0 aliphatic carbocycles. The first kappa shape index (κ1) is 15.6. The third-order valence-electron chi connectivity index (χ3n) is 3.49. The average molecular weight is 315 g/mol. The fourth-order valence-corrected chi connectivity index (χ4v) is 5.19. The van der Waals surface area contributed by atoms with Gasteiger partial charge in [0.15, 0.2) is 9.84 Å². The Labute approximate surface area is 124 Å². The van der Waals surface area contributed by atoms with Crippen molar-refractivity contribution in [3.05, 3.63) is 23.9 Å². The smallest absolute Gasteiger partial charge is 0.171 e. The van der Waals surface area contributed by atoms with Gasteiger partial charge in [-0.3, -0.25) is 0 Å². The summed E-state index contributed by atoms with van der Waals surface area (Å²) in [5.41, 5.74) is 6.86. The van der Waals surface area contributed by atoms with E-state index in [9.17, 15) is 8.42 Å². The van der Waals surface area contributed by atoms with Crippen LogP contribution in [-0.2, 0) is 9.84 Å². The number of hydrogen-bond donors (Lipinski definition) is 1. The van der Waals surface area contributed by atoms with E-state index < -0.39 is 15.2 Å². The standard InChI is InChI=1S/C13H21N3O2S2/c1-3-20(17,18)13-9-19-7-6-16(13)12-8-11(10(2)14)4-5-15-12/h4-5,8,10,13H,3,6-7,9,14H2,1-2H3. The number of sulfone groups is 1. The molecule has 1 aromatic heterocycles. The summed E-state index contributed by atoms with van der Waals surface area (Å²) in [6.45, 7) is 4.30. The summed E-state index contributed by atoms with van der Waals surface area (Å²) in [6, 6.07) is 3.69. The normalized spacial score (nSPS) is 21.8. The van der Waals surface area contributed by atoms with E-state index in [1.54, 1.807) is 24.9 Å². The summed E-state index contributed by atoms with van der Waals surface area (Å²) in [5.74, 6) is 2.38. The second-order valence-electron chi connectivity index (χ2n) is 4.91. The van der Waals surface area contributed by atoms with Gasteiger partial charge in [0.1, 0.15) is 11.2 Å². The molecule has 112 valence electrons. The lowest BCUT2D eigenvalue weighted by Crippen LogP contribution is -2.48. The van der Waals surface area contributed by atoms with Crippen LogP contribution in [0.1, 0.15) is 25.5 Å². The highest BCUT2D eigenvalue weighted by atomic mass is 32.2. The van der Waals surface area contributed by atoms with Gasteiger partial charge < -0.3 is 10.6 Å². The molecule has 1 aliphatic rings. The highest BCUT2D eigenvalue weighted by Crippen LogP contribution is 2.27. The lowest BCUT2D eigenvalue weighted by molar-refractivity contribution is 0.579. The minimum absolute atomic E-state index is 0.0860. The number of nitrogens with zero attached hydrogens (tertiary/aromatic N) is 2. The highest BCUT2D eigenvalue weighted by molar-refractivity contribution is 8.01. The largest absolute Gasteiger partial charge is 0.338 e. The Balaban J connectivity index is 2.35. The maximum atomic E-state index is 12.2. The molecule has 1 aromatic rings. The van der Waals surface area contributed by atoms with Gasteiger partial charge in [-0.1, -0.05) is 6.92 Å². The molecule has 2 unspecified atom stereocenters. The predicted molar refractivity (Wildman–Crippen MR) is 84.8 cm³/mol. The number of pyridine rings is 1. The molecular formula is C13H21N3O2S2. The molecule has 20 heavy (non-hydrogen) atoms. The van der Waals surface area contributed by atoms with Crippen LogP contribution >= 0.6 is 11.8 Å². The van der Waals surface area contributed by atoms with E-state index in [4.69, 9.17) is 5.73 Å². The minimum atomic E-state index is -3.12. The van der Waals surface area contributed by atoms with E-state index in [-0.39, 0.29) is 11.8 Å². The molecule has 0 spiro atoms. The fourth-order valence-electron chi connectivity index (χ4n) is 2.21. The van der Waals surface area contributed by atoms with Crippen molar-refractivity contribution in [2.24, 2.45) is 5.73 Å². The van der Waals surface area contributed by atoms with Gasteiger partial charge in [0, 0.05) is 36.0 Å². The molecule has 0 saturated carbocycles. The van der Waals surface area contributed by atoms with Crippen LogP contribution in [0.15, 0.2) is 18.3 Å². The van der Waals surface area contributed by atoms with E-state index in [1.807, 2.05) is 24.0 Å². The van der Waals surface area contributed by atoms with Crippen LogP contribution in [0.3, 0.4) is 0 Å². The minimum Gasteiger partial charge on any atom is -0.338 e. The van der Waals surface area contributed by atoms with E-state index in [0.29, 0.717) is 18.1 Å². The van der Waals surface area contributed by atoms with Crippen LogP contribution in [0.25, 0.3) is 0 Å². The molecule has 2 N–H and O–H groups in total. The third-order valence-corrected chi connectivity index (χ3v) is 6.78. The van der Waals surface area contributed by atoms with Crippen LogP contribution in [0.2, 0.25) is 0 Å². The number of rotatable bonds is 4. The first-order valence-electron chi connectivity index (χ1n) is 6.73. The quantitative estimate of drug-likeness (QED) is 0.905. The molecule has 1 saturated heterocycles. The number of aromatic nitrogens is 1. The van der Waals surface area contributed by atoms with Crippen molar-refractivity contribution in [2.45, 2.75) is 25.3 Å². The van der Waals surface area contributed by atoms with Gasteiger partial charge in [-0.25, -0.2) is 13.4 Å². The monoisotopic (exact) mass is 315 g/mol. The molecule has 7 heteroatoms. The molecule has 5 nitrogen and oxygen atoms in total. The summed E-state index contributed by atoms with van der Waals surface area (Å²) < 4.78 is 24.5. The summed E-state index contributed by atoms with van der Waals surface area (Å²) in [7, 11) is -3.12. The highest BCUT2D eigenvalue weighted by Gasteiger charge is 2.33. The lowest BCUT2D eigenvalue weighted by atomic mass is 10.1. The summed E-state index contributed by atoms with van der Waals surface area (Å²) in [4.78, 5) is 6.24. The Hall–Kier alpha value is -0.790. The zero-order valence-corrected chi connectivity index (χ0v) is 13.5. The number of thioether (sulfide) groups is 1. The zero-order chi connectivity index (χ0) is 14.8. The Morgan fingerprint density at radius 1 is 1.60 bits per heavy atom. The Morgan fingerprint density at radius 2 is 2.35 bits per heavy atom. The fraction of sp³-hybridized carbons (Fsp3) is 0.615. The van der Waals surface area contributed by atoms with Crippen LogP contribution in [0.5, 0.6) is 0 Å². The van der Waals surface area contributed by atoms with Gasteiger partial charge in [-0.05, 0) is 24.6 Å². The van der Waals surface area contributed by atoms with Crippen LogP contribution in [-0.4, -0.2) is 42.6 Å². The zero-order valence-electron chi connectivity index (χ0n) is 11.8. The second kappa shape index (κ2) is 6.32. The summed E-state index contributed by atoms with van der Waals surface area (Å²) in [6.07, 6.45) is 1.70. The van der Waals surface area contributed by atoms with Gasteiger partial charge >= 0.3 is 0 Å². The molecule has 0 amide bonds. The van der Waals surface area contributed by atoms with Crippen LogP contribution < -0.4 is 10.6 Å². The van der Waals surface area contributed by atoms with E-state index in [2.05, 4.69) is 4.98 Å². The first-order chi connectivity index (χ1) is 9.45. The van der Waals surface area contributed by atoms with Crippen LogP contribution in [0.4, 0.5) is 5.82 Å². The Kier molecular flexibility index (Phi) is 4.93. The SMILES string of the molecule is CCS(=O)(=O)C1CSCCN1c1cc(C(C)N)ccn1. The molecule has 0 radical (unpaired) electrons. The lowest BCUT2D eigenvalue weighted by Gasteiger charge is -2.35. The Bertz CT molecular complexity index is 560. The van der Waals surface area contributed by atoms with Crippen molar-refractivity contribution in [3.8, 4) is 0 Å². The maximum Gasteiger partial charge on any atom is 0.171 e. The topological polar surface area (TPSA) is 76.3 Å². The molecule has 1 fully saturated rings. The van der Waals surface area contributed by atoms with Gasteiger partial charge in [-0.15, -0.1) is 0 Å². The van der Waals surface area contributed by atoms with Crippen molar-refractivity contribution in [2.75, 3.05) is 28.7 Å². The average Bonchev–Trinajstić information content (AvgIpc) is 2.47. The molecule has 0 aromatic carbocycles. The van der Waals surface area contributed by atoms with Crippen molar-refractivity contribution >= 4 is 27.4 Å². The number of anilines is 1. The molecule has 0 bridgehead atoms. The van der Waals surface area contributed by atoms with Crippen molar-refractivity contribution < 1.29 is 8.42 Å². The van der Waals surface area contributed by atoms with Gasteiger partial charge in [0.05, 0.1) is 0 Å². The van der Waals surface area contributed by atoms with Gasteiger partial charge in [-0.2, -0.15) is 11.8 Å². The predicted octanol–water partition coefficient (Wildman–Crippen LogP) is 1.42. The molecule has 2 heterocycles. The van der Waals surface area contributed by atoms with Crippen molar-refractivity contribution in [1.82, 2.24) is 4.98 Å². The maximum absolute atomic E-state index is 12.2. The second-order valence-corrected chi connectivity index (χ2v) is 8.51. The Morgan fingerprint density at radius 3 is 3.00 bits per heavy atom. The van der Waals surface area contributed by atoms with E-state index in [0.717, 1.165) is 11.3 Å². The van der Waals surface area contributed by atoms with E-state index >= 15 is 0 Å². The van der Waals surface area contributed by atoms with Gasteiger partial charge in [0.25, 0.3) is 0 Å².